The fourth-order valence-corrected chi connectivity index (χ4v) is 2.41. The minimum absolute atomic E-state index is 0.0155. The number of Topliss-reactive ketones (excluding diaryl/α,β-unsaturated/α-hetero) is 1. The lowest BCUT2D eigenvalue weighted by molar-refractivity contribution is -0.152. The van der Waals surface area contributed by atoms with E-state index in [0.29, 0.717) is 0 Å². The number of hydrogen-bond acceptors (Lipinski definition) is 6. The Kier molecular flexibility index (Phi) is 7.44. The Balaban J connectivity index is 2.62. The zero-order valence-corrected chi connectivity index (χ0v) is 13.9. The van der Waals surface area contributed by atoms with E-state index in [1.165, 1.54) is 6.92 Å². The average molecular weight is 310 g/mol. The van der Waals surface area contributed by atoms with Crippen molar-refractivity contribution >= 4 is 11.8 Å². The van der Waals surface area contributed by atoms with Crippen LogP contribution in [0.4, 0.5) is 0 Å². The molecule has 0 saturated heterocycles. The molecule has 6 nitrogen and oxygen atoms in total. The van der Waals surface area contributed by atoms with Crippen LogP contribution in [0.3, 0.4) is 0 Å². The molecular weight excluding hydrogens is 284 g/mol. The van der Waals surface area contributed by atoms with Gasteiger partial charge in [0.2, 0.25) is 0 Å². The second-order valence-corrected chi connectivity index (χ2v) is 5.32. The molecule has 1 aliphatic carbocycles. The van der Waals surface area contributed by atoms with Crippen molar-refractivity contribution in [2.75, 3.05) is 13.7 Å². The van der Waals surface area contributed by atoms with E-state index in [9.17, 15) is 9.59 Å². The Morgan fingerprint density at radius 2 is 2.05 bits per heavy atom. The van der Waals surface area contributed by atoms with E-state index >= 15 is 0 Å². The molecule has 4 atom stereocenters. The highest BCUT2D eigenvalue weighted by Gasteiger charge is 2.31. The summed E-state index contributed by atoms with van der Waals surface area (Å²) in [6, 6.07) is -0.420. The maximum atomic E-state index is 11.9. The first-order valence-electron chi connectivity index (χ1n) is 7.51. The number of ether oxygens (including phenoxy) is 2. The van der Waals surface area contributed by atoms with Crippen molar-refractivity contribution in [3.8, 4) is 0 Å². The first-order chi connectivity index (χ1) is 10.4. The molecule has 2 unspecified atom stereocenters. The van der Waals surface area contributed by atoms with Gasteiger partial charge in [-0.1, -0.05) is 18.2 Å². The van der Waals surface area contributed by atoms with Crippen LogP contribution in [-0.2, 0) is 19.1 Å². The normalized spacial score (nSPS) is 21.1. The van der Waals surface area contributed by atoms with Gasteiger partial charge in [0.25, 0.3) is 0 Å². The molecule has 0 saturated carbocycles. The maximum absolute atomic E-state index is 11.9. The van der Waals surface area contributed by atoms with Gasteiger partial charge >= 0.3 is 5.97 Å². The highest BCUT2D eigenvalue weighted by molar-refractivity contribution is 5.98. The molecule has 0 aromatic rings. The third-order valence-corrected chi connectivity index (χ3v) is 3.72. The van der Waals surface area contributed by atoms with Gasteiger partial charge in [0.05, 0.1) is 18.8 Å². The number of carbonyl (C=O) groups excluding carboxylic acids is 2. The van der Waals surface area contributed by atoms with Gasteiger partial charge < -0.3 is 9.47 Å². The lowest BCUT2D eigenvalue weighted by Crippen LogP contribution is -2.52. The quantitative estimate of drug-likeness (QED) is 0.378. The summed E-state index contributed by atoms with van der Waals surface area (Å²) in [6.07, 6.45) is 5.91. The zero-order chi connectivity index (χ0) is 16.7. The Labute approximate surface area is 131 Å². The van der Waals surface area contributed by atoms with Crippen LogP contribution in [0.15, 0.2) is 23.8 Å². The number of ketones is 1. The van der Waals surface area contributed by atoms with Crippen molar-refractivity contribution in [3.05, 3.63) is 23.8 Å². The lowest BCUT2D eigenvalue weighted by atomic mass is 9.98. The van der Waals surface area contributed by atoms with Crippen LogP contribution < -0.4 is 10.9 Å². The predicted molar refractivity (Wildman–Crippen MR) is 84.0 cm³/mol. The molecule has 6 heteroatoms. The summed E-state index contributed by atoms with van der Waals surface area (Å²) < 4.78 is 10.3. The van der Waals surface area contributed by atoms with Crippen molar-refractivity contribution in [2.24, 2.45) is 5.92 Å². The number of rotatable bonds is 9. The molecule has 0 fully saturated rings. The standard InChI is InChI=1S/C16H26N2O4/c1-6-22-16(20)15(11(3)19)10(2)17-18-14-9-7-8-13(14)12(4)21-5/h7-10,12,14-15,17-18H,6H2,1-5H3/t10-,12-,14?,15?/m1/s1. The Bertz CT molecular complexity index is 459. The highest BCUT2D eigenvalue weighted by atomic mass is 16.5. The van der Waals surface area contributed by atoms with Crippen LogP contribution in [0.2, 0.25) is 0 Å². The molecule has 124 valence electrons. The van der Waals surface area contributed by atoms with Crippen LogP contribution in [-0.4, -0.2) is 43.7 Å². The van der Waals surface area contributed by atoms with Gasteiger partial charge in [-0.2, -0.15) is 0 Å². The molecule has 0 aromatic carbocycles. The summed E-state index contributed by atoms with van der Waals surface area (Å²) in [7, 11) is 1.66. The fourth-order valence-electron chi connectivity index (χ4n) is 2.41. The van der Waals surface area contributed by atoms with E-state index in [4.69, 9.17) is 9.47 Å². The van der Waals surface area contributed by atoms with Gasteiger partial charge in [-0.25, -0.2) is 5.43 Å². The molecule has 0 aromatic heterocycles. The van der Waals surface area contributed by atoms with Crippen LogP contribution >= 0.6 is 0 Å². The summed E-state index contributed by atoms with van der Waals surface area (Å²) in [4.78, 5) is 23.6. The van der Waals surface area contributed by atoms with E-state index in [0.717, 1.165) is 5.57 Å². The number of allylic oxidation sites excluding steroid dienone is 2. The molecule has 0 spiro atoms. The SMILES string of the molecule is CCOC(=O)C(C(C)=O)[C@@H](C)NNC1C=CC=C1[C@@H](C)OC. The second-order valence-electron chi connectivity index (χ2n) is 5.32. The first-order valence-corrected chi connectivity index (χ1v) is 7.51. The molecule has 0 aliphatic heterocycles. The van der Waals surface area contributed by atoms with Gasteiger partial charge in [-0.15, -0.1) is 0 Å². The Hall–Kier alpha value is -1.50. The van der Waals surface area contributed by atoms with Crippen molar-refractivity contribution in [2.45, 2.75) is 45.9 Å². The average Bonchev–Trinajstić information content (AvgIpc) is 2.92. The minimum atomic E-state index is -0.829. The molecule has 0 radical (unpaired) electrons. The molecule has 0 heterocycles. The second kappa shape index (κ2) is 8.82. The summed E-state index contributed by atoms with van der Waals surface area (Å²) in [5.41, 5.74) is 7.25. The number of nitrogens with one attached hydrogen (secondary N) is 2. The van der Waals surface area contributed by atoms with Crippen molar-refractivity contribution in [1.29, 1.82) is 0 Å². The molecule has 1 rings (SSSR count). The summed E-state index contributed by atoms with van der Waals surface area (Å²) >= 11 is 0. The Morgan fingerprint density at radius 1 is 1.36 bits per heavy atom. The van der Waals surface area contributed by atoms with E-state index < -0.39 is 11.9 Å². The van der Waals surface area contributed by atoms with Crippen LogP contribution in [0, 0.1) is 5.92 Å². The monoisotopic (exact) mass is 310 g/mol. The van der Waals surface area contributed by atoms with Gasteiger partial charge in [-0.3, -0.25) is 15.0 Å². The van der Waals surface area contributed by atoms with E-state index in [1.54, 1.807) is 21.0 Å². The van der Waals surface area contributed by atoms with Gasteiger partial charge in [0, 0.05) is 13.2 Å². The van der Waals surface area contributed by atoms with Crippen molar-refractivity contribution in [1.82, 2.24) is 10.9 Å². The van der Waals surface area contributed by atoms with Gasteiger partial charge in [0.15, 0.2) is 0 Å². The molecular formula is C16H26N2O4. The minimum Gasteiger partial charge on any atom is -0.465 e. The van der Waals surface area contributed by atoms with Crippen LogP contribution in [0.1, 0.15) is 27.7 Å². The van der Waals surface area contributed by atoms with E-state index in [1.807, 2.05) is 25.2 Å². The third-order valence-electron chi connectivity index (χ3n) is 3.72. The summed E-state index contributed by atoms with van der Waals surface area (Å²) in [6.45, 7) is 7.11. The number of hydrazine groups is 1. The Morgan fingerprint density at radius 3 is 2.59 bits per heavy atom. The number of hydrogen-bond donors (Lipinski definition) is 2. The predicted octanol–water partition coefficient (Wildman–Crippen LogP) is 1.14. The van der Waals surface area contributed by atoms with E-state index in [-0.39, 0.29) is 30.6 Å². The molecule has 22 heavy (non-hydrogen) atoms. The molecule has 0 bridgehead atoms. The highest BCUT2D eigenvalue weighted by Crippen LogP contribution is 2.17. The summed E-state index contributed by atoms with van der Waals surface area (Å²) in [5.74, 6) is -1.55. The fraction of sp³-hybridized carbons (Fsp3) is 0.625. The lowest BCUT2D eigenvalue weighted by Gasteiger charge is -2.26. The summed E-state index contributed by atoms with van der Waals surface area (Å²) in [5, 5.41) is 0. The topological polar surface area (TPSA) is 76.7 Å². The van der Waals surface area contributed by atoms with Crippen LogP contribution in [0.5, 0.6) is 0 Å². The molecule has 0 amide bonds. The molecule has 1 aliphatic rings. The van der Waals surface area contributed by atoms with Gasteiger partial charge in [-0.05, 0) is 33.3 Å². The largest absolute Gasteiger partial charge is 0.465 e. The number of methoxy groups -OCH3 is 1. The molecule has 2 N–H and O–H groups in total. The zero-order valence-electron chi connectivity index (χ0n) is 13.9. The maximum Gasteiger partial charge on any atom is 0.318 e. The van der Waals surface area contributed by atoms with Gasteiger partial charge in [0.1, 0.15) is 11.7 Å². The number of esters is 1. The van der Waals surface area contributed by atoms with Crippen molar-refractivity contribution in [3.63, 3.8) is 0 Å². The first kappa shape index (κ1) is 18.5. The number of carbonyl (C=O) groups is 2. The van der Waals surface area contributed by atoms with E-state index in [2.05, 4.69) is 10.9 Å². The van der Waals surface area contributed by atoms with Crippen molar-refractivity contribution < 1.29 is 19.1 Å². The third kappa shape index (κ3) is 4.76. The van der Waals surface area contributed by atoms with Crippen LogP contribution in [0.25, 0.3) is 0 Å². The smallest absolute Gasteiger partial charge is 0.318 e.